The molecule has 0 heterocycles. The van der Waals surface area contributed by atoms with Crippen molar-refractivity contribution >= 4 is 13.7 Å². The predicted octanol–water partition coefficient (Wildman–Crippen LogP) is -2.09. The van der Waals surface area contributed by atoms with Crippen LogP contribution in [0.4, 0.5) is 0 Å². The van der Waals surface area contributed by atoms with Gasteiger partial charge in [0, 0.05) is 0 Å². The smallest absolute Gasteiger partial charge is 0.368 e. The normalized spacial score (nSPS) is 14.5. The lowest BCUT2D eigenvalue weighted by atomic mass is 10.3. The van der Waals surface area contributed by atoms with Crippen molar-refractivity contribution < 1.29 is 23.7 Å². The van der Waals surface area contributed by atoms with Gasteiger partial charge in [0.25, 0.3) is 0 Å². The van der Waals surface area contributed by atoms with E-state index in [2.05, 4.69) is 10.3 Å². The van der Waals surface area contributed by atoms with Gasteiger partial charge in [-0.15, -0.1) is 0 Å². The van der Waals surface area contributed by atoms with Crippen LogP contribution >= 0.6 is 7.82 Å². The lowest BCUT2D eigenvalue weighted by molar-refractivity contribution is -0.119. The second-order valence-corrected chi connectivity index (χ2v) is 3.03. The van der Waals surface area contributed by atoms with Crippen LogP contribution in [-0.4, -0.2) is 28.3 Å². The molecule has 0 rings (SSSR count). The Hall–Kier alpha value is -0.460. The van der Waals surface area contributed by atoms with Gasteiger partial charge in [-0.25, -0.2) is 4.57 Å². The number of phosphoric acid groups is 1. The van der Waals surface area contributed by atoms with Gasteiger partial charge in [-0.3, -0.25) is 9.32 Å². The summed E-state index contributed by atoms with van der Waals surface area (Å²) >= 11 is 0. The molecule has 0 saturated heterocycles. The van der Waals surface area contributed by atoms with E-state index in [1.165, 1.54) is 0 Å². The number of hydrogen-bond acceptors (Lipinski definition) is 4. The third-order valence-corrected chi connectivity index (χ3v) is 1.27. The number of primary amides is 1. The summed E-state index contributed by atoms with van der Waals surface area (Å²) in [6, 6.07) is -1.19. The zero-order valence-corrected chi connectivity index (χ0v) is 6.40. The molecule has 66 valence electrons. The maximum Gasteiger partial charge on any atom is 0.469 e. The van der Waals surface area contributed by atoms with E-state index in [4.69, 9.17) is 15.5 Å². The molecule has 7 nitrogen and oxygen atoms in total. The molecule has 0 fully saturated rings. The molecule has 0 bridgehead atoms. The third-order valence-electron chi connectivity index (χ3n) is 0.788. The molecule has 0 saturated carbocycles. The Morgan fingerprint density at radius 1 is 1.64 bits per heavy atom. The molecule has 0 radical (unpaired) electrons. The highest BCUT2D eigenvalue weighted by atomic mass is 31.2. The molecular weight excluding hydrogens is 175 g/mol. The summed E-state index contributed by atoms with van der Waals surface area (Å²) in [4.78, 5) is 26.4. The second kappa shape index (κ2) is 3.80. The molecule has 11 heavy (non-hydrogen) atoms. The molecular formula is C3H9N2O5P. The summed E-state index contributed by atoms with van der Waals surface area (Å²) in [5, 5.41) is 0. The van der Waals surface area contributed by atoms with E-state index in [1.54, 1.807) is 0 Å². The fourth-order valence-corrected chi connectivity index (χ4v) is 0.614. The monoisotopic (exact) mass is 184 g/mol. The summed E-state index contributed by atoms with van der Waals surface area (Å²) < 4.78 is 13.9. The van der Waals surface area contributed by atoms with Gasteiger partial charge in [-0.05, 0) is 0 Å². The average Bonchev–Trinajstić information content (AvgIpc) is 1.80. The third kappa shape index (κ3) is 5.96. The minimum Gasteiger partial charge on any atom is -0.368 e. The van der Waals surface area contributed by atoms with Crippen molar-refractivity contribution in [2.24, 2.45) is 11.5 Å². The van der Waals surface area contributed by atoms with Crippen LogP contribution in [0.5, 0.6) is 0 Å². The van der Waals surface area contributed by atoms with E-state index in [9.17, 15) is 9.36 Å². The minimum absolute atomic E-state index is 0.584. The summed E-state index contributed by atoms with van der Waals surface area (Å²) in [7, 11) is -4.55. The number of carbonyl (C=O) groups is 1. The molecule has 0 aliphatic heterocycles. The van der Waals surface area contributed by atoms with Crippen LogP contribution in [0.25, 0.3) is 0 Å². The molecule has 0 aromatic rings. The first-order valence-corrected chi connectivity index (χ1v) is 4.11. The predicted molar refractivity (Wildman–Crippen MR) is 35.2 cm³/mol. The Bertz CT molecular complexity index is 188. The first-order chi connectivity index (χ1) is 4.83. The van der Waals surface area contributed by atoms with Gasteiger partial charge < -0.3 is 21.3 Å². The van der Waals surface area contributed by atoms with E-state index in [-0.39, 0.29) is 0 Å². The van der Waals surface area contributed by atoms with Gasteiger partial charge in [0.2, 0.25) is 5.91 Å². The minimum atomic E-state index is -4.55. The van der Waals surface area contributed by atoms with Crippen molar-refractivity contribution in [2.75, 3.05) is 6.61 Å². The lowest BCUT2D eigenvalue weighted by Crippen LogP contribution is -2.39. The summed E-state index contributed by atoms with van der Waals surface area (Å²) in [5.41, 5.74) is 9.65. The van der Waals surface area contributed by atoms with Gasteiger partial charge in [0.1, 0.15) is 6.04 Å². The Kier molecular flexibility index (Phi) is 3.64. The second-order valence-electron chi connectivity index (χ2n) is 1.80. The fourth-order valence-electron chi connectivity index (χ4n) is 0.260. The van der Waals surface area contributed by atoms with Gasteiger partial charge in [0.05, 0.1) is 6.61 Å². The van der Waals surface area contributed by atoms with Crippen molar-refractivity contribution in [1.29, 1.82) is 0 Å². The highest BCUT2D eigenvalue weighted by Crippen LogP contribution is 2.35. The van der Waals surface area contributed by atoms with Gasteiger partial charge in [0.15, 0.2) is 0 Å². The lowest BCUT2D eigenvalue weighted by Gasteiger charge is -2.08. The molecule has 0 spiro atoms. The molecule has 0 aromatic carbocycles. The highest BCUT2D eigenvalue weighted by molar-refractivity contribution is 7.46. The van der Waals surface area contributed by atoms with Crippen molar-refractivity contribution in [3.63, 3.8) is 0 Å². The number of rotatable bonds is 4. The first kappa shape index (κ1) is 10.5. The van der Waals surface area contributed by atoms with Crippen molar-refractivity contribution in [1.82, 2.24) is 0 Å². The van der Waals surface area contributed by atoms with Gasteiger partial charge in [-0.1, -0.05) is 0 Å². The van der Waals surface area contributed by atoms with Crippen molar-refractivity contribution in [2.45, 2.75) is 6.04 Å². The number of nitrogens with two attached hydrogens (primary N) is 2. The summed E-state index contributed by atoms with van der Waals surface area (Å²) in [5.74, 6) is -0.876. The van der Waals surface area contributed by atoms with Crippen LogP contribution in [0.3, 0.4) is 0 Å². The summed E-state index contributed by atoms with van der Waals surface area (Å²) in [6.07, 6.45) is 0. The quantitative estimate of drug-likeness (QED) is 0.370. The fraction of sp³-hybridized carbons (Fsp3) is 0.667. The van der Waals surface area contributed by atoms with Crippen LogP contribution in [0.2, 0.25) is 0 Å². The maximum atomic E-state index is 10.2. The number of hydrogen-bond donors (Lipinski definition) is 4. The van der Waals surface area contributed by atoms with E-state index >= 15 is 0 Å². The topological polar surface area (TPSA) is 136 Å². The number of amides is 1. The Labute approximate surface area is 62.6 Å². The zero-order chi connectivity index (χ0) is 9.07. The van der Waals surface area contributed by atoms with Crippen LogP contribution in [0.15, 0.2) is 0 Å². The molecule has 6 N–H and O–H groups in total. The highest BCUT2D eigenvalue weighted by Gasteiger charge is 2.18. The van der Waals surface area contributed by atoms with Crippen molar-refractivity contribution in [3.05, 3.63) is 0 Å². The molecule has 8 heteroatoms. The van der Waals surface area contributed by atoms with Gasteiger partial charge in [-0.2, -0.15) is 0 Å². The Morgan fingerprint density at radius 2 is 2.09 bits per heavy atom. The Balaban J connectivity index is 3.72. The van der Waals surface area contributed by atoms with E-state index in [0.29, 0.717) is 0 Å². The van der Waals surface area contributed by atoms with Crippen molar-refractivity contribution in [3.8, 4) is 0 Å². The molecule has 1 amide bonds. The average molecular weight is 184 g/mol. The molecule has 1 unspecified atom stereocenters. The van der Waals surface area contributed by atoms with Crippen LogP contribution in [-0.2, 0) is 13.9 Å². The van der Waals surface area contributed by atoms with Crippen LogP contribution in [0, 0.1) is 0 Å². The largest absolute Gasteiger partial charge is 0.469 e. The molecule has 0 aliphatic rings. The molecule has 0 aliphatic carbocycles. The van der Waals surface area contributed by atoms with Gasteiger partial charge >= 0.3 is 7.82 Å². The van der Waals surface area contributed by atoms with Crippen LogP contribution in [0.1, 0.15) is 0 Å². The van der Waals surface area contributed by atoms with Crippen LogP contribution < -0.4 is 11.5 Å². The van der Waals surface area contributed by atoms with E-state index in [0.717, 1.165) is 0 Å². The molecule has 1 atom stereocenters. The number of carbonyl (C=O) groups excluding carboxylic acids is 1. The zero-order valence-electron chi connectivity index (χ0n) is 5.51. The van der Waals surface area contributed by atoms with E-state index in [1.807, 2.05) is 0 Å². The summed E-state index contributed by atoms with van der Waals surface area (Å²) in [6.45, 7) is -0.584. The SMILES string of the molecule is NC(=O)C(N)COP(=O)(O)O. The standard InChI is InChI=1S/C3H9N2O5P/c4-2(3(5)6)1-10-11(7,8)9/h2H,1,4H2,(H2,5,6)(H2,7,8,9). The molecule has 0 aromatic heterocycles. The number of phosphoric ester groups is 1. The van der Waals surface area contributed by atoms with E-state index < -0.39 is 26.4 Å². The first-order valence-electron chi connectivity index (χ1n) is 2.58. The maximum absolute atomic E-state index is 10.2. The Morgan fingerprint density at radius 3 is 2.36 bits per heavy atom.